The molecule has 0 aliphatic carbocycles. The van der Waals surface area contributed by atoms with Crippen LogP contribution in [-0.4, -0.2) is 59.5 Å². The van der Waals surface area contributed by atoms with E-state index in [4.69, 9.17) is 9.26 Å². The van der Waals surface area contributed by atoms with E-state index in [0.717, 1.165) is 62.4 Å². The number of aromatic nitrogens is 1. The van der Waals surface area contributed by atoms with Gasteiger partial charge in [0, 0.05) is 43.0 Å². The highest BCUT2D eigenvalue weighted by Gasteiger charge is 2.30. The third kappa shape index (κ3) is 4.05. The number of likely N-dealkylation sites (tertiary alicyclic amines) is 1. The zero-order chi connectivity index (χ0) is 21.4. The van der Waals surface area contributed by atoms with Crippen molar-refractivity contribution in [3.05, 3.63) is 59.0 Å². The normalized spacial score (nSPS) is 19.1. The first-order valence-electron chi connectivity index (χ1n) is 10.9. The number of piperidine rings is 1. The number of fused-ring (bicyclic) bond motifs is 2. The van der Waals surface area contributed by atoms with Crippen LogP contribution in [0.2, 0.25) is 0 Å². The van der Waals surface area contributed by atoms with Gasteiger partial charge in [-0.15, -0.1) is 0 Å². The number of rotatable bonds is 6. The predicted octanol–water partition coefficient (Wildman–Crippen LogP) is 3.53. The smallest absolute Gasteiger partial charge is 0.170 e. The van der Waals surface area contributed by atoms with Gasteiger partial charge in [0.2, 0.25) is 0 Å². The Kier molecular flexibility index (Phi) is 5.65. The first kappa shape index (κ1) is 20.4. The second kappa shape index (κ2) is 8.57. The molecular formula is C24H28FN3O3. The lowest BCUT2D eigenvalue weighted by molar-refractivity contribution is 0.0672. The zero-order valence-corrected chi connectivity index (χ0v) is 17.8. The average Bonchev–Trinajstić information content (AvgIpc) is 3.40. The number of methoxy groups -OCH3 is 1. The molecular weight excluding hydrogens is 397 g/mol. The van der Waals surface area contributed by atoms with E-state index in [-0.39, 0.29) is 18.5 Å². The minimum absolute atomic E-state index is 0.111. The molecule has 1 aromatic heterocycles. The van der Waals surface area contributed by atoms with E-state index in [1.807, 2.05) is 6.07 Å². The van der Waals surface area contributed by atoms with Gasteiger partial charge in [-0.2, -0.15) is 0 Å². The highest BCUT2D eigenvalue weighted by molar-refractivity contribution is 5.79. The fourth-order valence-electron chi connectivity index (χ4n) is 5.05. The van der Waals surface area contributed by atoms with Crippen LogP contribution in [0.1, 0.15) is 35.6 Å². The first-order chi connectivity index (χ1) is 15.1. The fourth-order valence-corrected chi connectivity index (χ4v) is 5.05. The van der Waals surface area contributed by atoms with Gasteiger partial charge in [0.25, 0.3) is 0 Å². The van der Waals surface area contributed by atoms with Gasteiger partial charge in [0.05, 0.1) is 19.4 Å². The third-order valence-electron chi connectivity index (χ3n) is 6.78. The molecule has 0 saturated carbocycles. The summed E-state index contributed by atoms with van der Waals surface area (Å²) in [5.41, 5.74) is 4.09. The van der Waals surface area contributed by atoms with Crippen LogP contribution in [0.25, 0.3) is 11.0 Å². The molecule has 1 atom stereocenters. The Labute approximate surface area is 181 Å². The Balaban J connectivity index is 1.20. The number of aliphatic hydroxyl groups excluding tert-OH is 1. The topological polar surface area (TPSA) is 62.0 Å². The maximum atomic E-state index is 13.4. The Morgan fingerprint density at radius 2 is 1.97 bits per heavy atom. The van der Waals surface area contributed by atoms with Gasteiger partial charge in [-0.1, -0.05) is 11.2 Å². The molecule has 7 heteroatoms. The molecule has 3 aromatic rings. The summed E-state index contributed by atoms with van der Waals surface area (Å²) in [6.45, 7) is 4.59. The zero-order valence-electron chi connectivity index (χ0n) is 17.8. The fraction of sp³-hybridized carbons (Fsp3) is 0.458. The summed E-state index contributed by atoms with van der Waals surface area (Å²) in [6, 6.07) is 11.0. The summed E-state index contributed by atoms with van der Waals surface area (Å²) in [4.78, 5) is 4.79. The van der Waals surface area contributed by atoms with Crippen molar-refractivity contribution < 1.29 is 18.8 Å². The quantitative estimate of drug-likeness (QED) is 0.652. The molecule has 1 saturated heterocycles. The lowest BCUT2D eigenvalue weighted by atomic mass is 9.91. The Hall–Kier alpha value is -2.48. The summed E-state index contributed by atoms with van der Waals surface area (Å²) < 4.78 is 24.1. The van der Waals surface area contributed by atoms with E-state index < -0.39 is 0 Å². The molecule has 2 aromatic carbocycles. The van der Waals surface area contributed by atoms with Crippen molar-refractivity contribution in [1.82, 2.24) is 15.0 Å². The maximum absolute atomic E-state index is 13.4. The van der Waals surface area contributed by atoms with Crippen LogP contribution in [0, 0.1) is 5.82 Å². The highest BCUT2D eigenvalue weighted by Crippen LogP contribution is 2.34. The van der Waals surface area contributed by atoms with Crippen LogP contribution in [0.4, 0.5) is 4.39 Å². The maximum Gasteiger partial charge on any atom is 0.170 e. The van der Waals surface area contributed by atoms with Crippen molar-refractivity contribution in [2.24, 2.45) is 0 Å². The number of hydrogen-bond donors (Lipinski definition) is 1. The number of ether oxygens (including phenoxy) is 1. The monoisotopic (exact) mass is 425 g/mol. The van der Waals surface area contributed by atoms with Crippen molar-refractivity contribution in [2.45, 2.75) is 37.9 Å². The summed E-state index contributed by atoms with van der Waals surface area (Å²) >= 11 is 0. The second-order valence-corrected chi connectivity index (χ2v) is 8.66. The largest absolute Gasteiger partial charge is 0.497 e. The lowest BCUT2D eigenvalue weighted by Crippen LogP contribution is -2.48. The van der Waals surface area contributed by atoms with Crippen LogP contribution in [-0.2, 0) is 13.1 Å². The van der Waals surface area contributed by atoms with Crippen molar-refractivity contribution in [3.63, 3.8) is 0 Å². The van der Waals surface area contributed by atoms with Gasteiger partial charge in [-0.25, -0.2) is 4.39 Å². The standard InChI is InChI=1S/C24H28FN3O3/c1-30-21-4-2-17-12-27(13-18(17)10-21)14-20(15-29)28-8-6-16(7-9-28)24-22-5-3-19(25)11-23(22)31-26-24/h2-5,10-11,16,20,29H,6-9,12-15H2,1H3/t20-/m0/s1. The van der Waals surface area contributed by atoms with Crippen molar-refractivity contribution >= 4 is 11.0 Å². The lowest BCUT2D eigenvalue weighted by Gasteiger charge is -2.38. The molecule has 0 amide bonds. The van der Waals surface area contributed by atoms with Crippen LogP contribution in [0.3, 0.4) is 0 Å². The van der Waals surface area contributed by atoms with Gasteiger partial charge in [-0.3, -0.25) is 9.80 Å². The van der Waals surface area contributed by atoms with E-state index in [2.05, 4.69) is 27.1 Å². The van der Waals surface area contributed by atoms with Gasteiger partial charge in [0.15, 0.2) is 5.58 Å². The summed E-state index contributed by atoms with van der Waals surface area (Å²) in [5.74, 6) is 0.883. The number of benzene rings is 2. The van der Waals surface area contributed by atoms with E-state index in [9.17, 15) is 9.50 Å². The van der Waals surface area contributed by atoms with Crippen LogP contribution < -0.4 is 4.74 Å². The number of halogens is 1. The van der Waals surface area contributed by atoms with Crippen molar-refractivity contribution in [2.75, 3.05) is 33.4 Å². The molecule has 5 rings (SSSR count). The van der Waals surface area contributed by atoms with E-state index in [0.29, 0.717) is 11.5 Å². The molecule has 6 nitrogen and oxygen atoms in total. The van der Waals surface area contributed by atoms with Gasteiger partial charge < -0.3 is 14.4 Å². The molecule has 0 unspecified atom stereocenters. The van der Waals surface area contributed by atoms with Crippen molar-refractivity contribution in [3.8, 4) is 5.75 Å². The minimum atomic E-state index is -0.307. The first-order valence-corrected chi connectivity index (χ1v) is 10.9. The molecule has 0 bridgehead atoms. The SMILES string of the molecule is COc1ccc2c(c1)CN(C[C@@H](CO)N1CCC(c3noc4cc(F)ccc34)CC1)C2. The molecule has 3 heterocycles. The average molecular weight is 426 g/mol. The summed E-state index contributed by atoms with van der Waals surface area (Å²) in [6.07, 6.45) is 1.90. The minimum Gasteiger partial charge on any atom is -0.497 e. The molecule has 2 aliphatic rings. The Morgan fingerprint density at radius 1 is 1.16 bits per heavy atom. The van der Waals surface area contributed by atoms with E-state index in [1.54, 1.807) is 13.2 Å². The Morgan fingerprint density at radius 3 is 2.74 bits per heavy atom. The molecule has 0 radical (unpaired) electrons. The molecule has 1 N–H and O–H groups in total. The second-order valence-electron chi connectivity index (χ2n) is 8.66. The predicted molar refractivity (Wildman–Crippen MR) is 115 cm³/mol. The van der Waals surface area contributed by atoms with E-state index >= 15 is 0 Å². The molecule has 31 heavy (non-hydrogen) atoms. The van der Waals surface area contributed by atoms with Crippen molar-refractivity contribution in [1.29, 1.82) is 0 Å². The van der Waals surface area contributed by atoms with Gasteiger partial charge in [0.1, 0.15) is 11.6 Å². The summed E-state index contributed by atoms with van der Waals surface area (Å²) in [7, 11) is 1.69. The van der Waals surface area contributed by atoms with Crippen LogP contribution in [0.15, 0.2) is 40.9 Å². The number of aliphatic hydroxyl groups is 1. The van der Waals surface area contributed by atoms with Gasteiger partial charge in [-0.05, 0) is 61.3 Å². The molecule has 164 valence electrons. The van der Waals surface area contributed by atoms with Crippen LogP contribution in [0.5, 0.6) is 5.75 Å². The third-order valence-corrected chi connectivity index (χ3v) is 6.78. The number of hydrogen-bond acceptors (Lipinski definition) is 6. The molecule has 1 fully saturated rings. The Bertz CT molecular complexity index is 1060. The van der Waals surface area contributed by atoms with Gasteiger partial charge >= 0.3 is 0 Å². The molecule has 0 spiro atoms. The molecule has 2 aliphatic heterocycles. The highest BCUT2D eigenvalue weighted by atomic mass is 19.1. The summed E-state index contributed by atoms with van der Waals surface area (Å²) in [5, 5.41) is 15.3. The number of nitrogens with zero attached hydrogens (tertiary/aromatic N) is 3. The van der Waals surface area contributed by atoms with E-state index in [1.165, 1.54) is 23.3 Å². The van der Waals surface area contributed by atoms with Crippen LogP contribution >= 0.6 is 0 Å².